The summed E-state index contributed by atoms with van der Waals surface area (Å²) < 4.78 is 11.5. The molecule has 2 aromatic carbocycles. The maximum Gasteiger partial charge on any atom is 0.335 e. The minimum atomic E-state index is -0.797. The number of benzene rings is 2. The number of nitrogens with zero attached hydrogens (tertiary/aromatic N) is 1. The minimum Gasteiger partial charge on any atom is -0.494 e. The van der Waals surface area contributed by atoms with Crippen LogP contribution in [-0.2, 0) is 9.59 Å². The summed E-state index contributed by atoms with van der Waals surface area (Å²) in [6.07, 6.45) is 1.44. The Morgan fingerprint density at radius 3 is 2.31 bits per heavy atom. The van der Waals surface area contributed by atoms with E-state index >= 15 is 0 Å². The smallest absolute Gasteiger partial charge is 0.335 e. The topological polar surface area (TPSA) is 84.9 Å². The van der Waals surface area contributed by atoms with Crippen LogP contribution < -0.4 is 19.7 Å². The fraction of sp³-hybridized carbons (Fsp3) is 0.190. The van der Waals surface area contributed by atoms with Gasteiger partial charge in [0.1, 0.15) is 17.1 Å². The van der Waals surface area contributed by atoms with Gasteiger partial charge in [0.2, 0.25) is 0 Å². The lowest BCUT2D eigenvalue weighted by atomic mass is 10.1. The number of barbiturate groups is 1. The first-order valence-corrected chi connectivity index (χ1v) is 9.80. The Morgan fingerprint density at radius 1 is 1.00 bits per heavy atom. The summed E-state index contributed by atoms with van der Waals surface area (Å²) in [7, 11) is 0. The molecule has 0 aromatic heterocycles. The van der Waals surface area contributed by atoms with Crippen LogP contribution in [0.5, 0.6) is 11.5 Å². The molecule has 0 radical (unpaired) electrons. The number of anilines is 1. The van der Waals surface area contributed by atoms with E-state index in [-0.39, 0.29) is 5.57 Å². The van der Waals surface area contributed by atoms with Gasteiger partial charge in [0.05, 0.1) is 23.4 Å². The zero-order valence-corrected chi connectivity index (χ0v) is 17.5. The number of imide groups is 2. The molecule has 0 atom stereocenters. The molecule has 2 aromatic rings. The molecule has 4 amide bonds. The van der Waals surface area contributed by atoms with E-state index in [0.717, 1.165) is 4.90 Å². The van der Waals surface area contributed by atoms with E-state index < -0.39 is 17.8 Å². The second kappa shape index (κ2) is 8.91. The molecular formula is C21H19BrN2O5. The van der Waals surface area contributed by atoms with Gasteiger partial charge in [0, 0.05) is 0 Å². The average molecular weight is 459 g/mol. The molecule has 1 fully saturated rings. The van der Waals surface area contributed by atoms with Gasteiger partial charge >= 0.3 is 6.03 Å². The van der Waals surface area contributed by atoms with Crippen molar-refractivity contribution in [1.29, 1.82) is 0 Å². The van der Waals surface area contributed by atoms with Crippen LogP contribution in [0.15, 0.2) is 52.5 Å². The highest BCUT2D eigenvalue weighted by molar-refractivity contribution is 9.10. The number of halogens is 1. The quantitative estimate of drug-likeness (QED) is 0.523. The first-order chi connectivity index (χ1) is 13.9. The van der Waals surface area contributed by atoms with Crippen molar-refractivity contribution < 1.29 is 23.9 Å². The van der Waals surface area contributed by atoms with Crippen molar-refractivity contribution in [3.8, 4) is 11.5 Å². The third-order valence-electron chi connectivity index (χ3n) is 4.07. The van der Waals surface area contributed by atoms with Crippen LogP contribution in [0.3, 0.4) is 0 Å². The Kier molecular flexibility index (Phi) is 6.33. The van der Waals surface area contributed by atoms with E-state index in [4.69, 9.17) is 9.47 Å². The van der Waals surface area contributed by atoms with Gasteiger partial charge in [0.25, 0.3) is 11.8 Å². The Balaban J connectivity index is 1.92. The fourth-order valence-corrected chi connectivity index (χ4v) is 3.31. The van der Waals surface area contributed by atoms with Crippen molar-refractivity contribution in [2.75, 3.05) is 18.1 Å². The Hall–Kier alpha value is -3.13. The number of ether oxygens (including phenoxy) is 2. The van der Waals surface area contributed by atoms with E-state index in [1.54, 1.807) is 42.5 Å². The van der Waals surface area contributed by atoms with Crippen LogP contribution in [0, 0.1) is 0 Å². The van der Waals surface area contributed by atoms with Crippen LogP contribution in [0.2, 0.25) is 0 Å². The molecule has 8 heteroatoms. The summed E-state index contributed by atoms with van der Waals surface area (Å²) in [6.45, 7) is 4.75. The number of hydrogen-bond donors (Lipinski definition) is 1. The summed E-state index contributed by atoms with van der Waals surface area (Å²) >= 11 is 3.40. The van der Waals surface area contributed by atoms with Crippen LogP contribution in [0.25, 0.3) is 6.08 Å². The highest BCUT2D eigenvalue weighted by Gasteiger charge is 2.36. The third kappa shape index (κ3) is 4.48. The number of nitrogens with one attached hydrogen (secondary N) is 1. The molecule has 29 heavy (non-hydrogen) atoms. The Bertz CT molecular complexity index is 985. The SMILES string of the molecule is CCOc1ccc(N2C(=O)NC(=O)/C(=C\c3ccc(OCC)c(Br)c3)C2=O)cc1. The molecular weight excluding hydrogens is 440 g/mol. The van der Waals surface area contributed by atoms with Gasteiger partial charge < -0.3 is 9.47 Å². The normalized spacial score (nSPS) is 15.5. The lowest BCUT2D eigenvalue weighted by Crippen LogP contribution is -2.54. The van der Waals surface area contributed by atoms with Crippen molar-refractivity contribution in [3.05, 3.63) is 58.1 Å². The van der Waals surface area contributed by atoms with Crippen LogP contribution in [0.4, 0.5) is 10.5 Å². The monoisotopic (exact) mass is 458 g/mol. The number of hydrogen-bond acceptors (Lipinski definition) is 5. The van der Waals surface area contributed by atoms with Crippen LogP contribution in [-0.4, -0.2) is 31.1 Å². The third-order valence-corrected chi connectivity index (χ3v) is 4.69. The molecule has 150 valence electrons. The van der Waals surface area contributed by atoms with Gasteiger partial charge in [-0.2, -0.15) is 0 Å². The van der Waals surface area contributed by atoms with Crippen molar-refractivity contribution in [1.82, 2.24) is 5.32 Å². The van der Waals surface area contributed by atoms with E-state index in [0.29, 0.717) is 40.4 Å². The van der Waals surface area contributed by atoms with E-state index in [9.17, 15) is 14.4 Å². The van der Waals surface area contributed by atoms with Gasteiger partial charge in [-0.05, 0) is 77.8 Å². The zero-order chi connectivity index (χ0) is 21.0. The van der Waals surface area contributed by atoms with E-state index in [1.807, 2.05) is 13.8 Å². The zero-order valence-electron chi connectivity index (χ0n) is 15.9. The largest absolute Gasteiger partial charge is 0.494 e. The summed E-state index contributed by atoms with van der Waals surface area (Å²) in [5.41, 5.74) is 0.802. The van der Waals surface area contributed by atoms with Gasteiger partial charge in [-0.25, -0.2) is 9.69 Å². The van der Waals surface area contributed by atoms with E-state index in [2.05, 4.69) is 21.2 Å². The van der Waals surface area contributed by atoms with Crippen LogP contribution in [0.1, 0.15) is 19.4 Å². The fourth-order valence-electron chi connectivity index (χ4n) is 2.80. The summed E-state index contributed by atoms with van der Waals surface area (Å²) in [5, 5.41) is 2.21. The first kappa shape index (κ1) is 20.6. The molecule has 1 aliphatic rings. The van der Waals surface area contributed by atoms with Gasteiger partial charge in [0.15, 0.2) is 0 Å². The van der Waals surface area contributed by atoms with Crippen molar-refractivity contribution in [3.63, 3.8) is 0 Å². The molecule has 3 rings (SSSR count). The molecule has 7 nitrogen and oxygen atoms in total. The minimum absolute atomic E-state index is 0.144. The lowest BCUT2D eigenvalue weighted by Gasteiger charge is -2.26. The molecule has 1 saturated heterocycles. The highest BCUT2D eigenvalue weighted by Crippen LogP contribution is 2.28. The summed E-state index contributed by atoms with van der Waals surface area (Å²) in [5.74, 6) is -0.174. The molecule has 0 unspecified atom stereocenters. The summed E-state index contributed by atoms with van der Waals surface area (Å²) in [4.78, 5) is 38.4. The summed E-state index contributed by atoms with van der Waals surface area (Å²) in [6, 6.07) is 10.9. The second-order valence-corrected chi connectivity index (χ2v) is 6.86. The predicted octanol–water partition coefficient (Wildman–Crippen LogP) is 3.91. The predicted molar refractivity (Wildman–Crippen MR) is 112 cm³/mol. The van der Waals surface area contributed by atoms with Crippen molar-refractivity contribution in [2.45, 2.75) is 13.8 Å². The average Bonchev–Trinajstić information content (AvgIpc) is 2.69. The number of carbonyl (C=O) groups excluding carboxylic acids is 3. The lowest BCUT2D eigenvalue weighted by molar-refractivity contribution is -0.122. The molecule has 1 heterocycles. The maximum atomic E-state index is 12.9. The first-order valence-electron chi connectivity index (χ1n) is 9.01. The maximum absolute atomic E-state index is 12.9. The molecule has 0 aliphatic carbocycles. The van der Waals surface area contributed by atoms with Crippen molar-refractivity contribution >= 4 is 45.5 Å². The van der Waals surface area contributed by atoms with Gasteiger partial charge in [-0.1, -0.05) is 6.07 Å². The molecule has 1 N–H and O–H groups in total. The molecule has 0 saturated carbocycles. The number of urea groups is 1. The highest BCUT2D eigenvalue weighted by atomic mass is 79.9. The number of amides is 4. The molecule has 0 spiro atoms. The van der Waals surface area contributed by atoms with Crippen LogP contribution >= 0.6 is 15.9 Å². The molecule has 1 aliphatic heterocycles. The standard InChI is InChI=1S/C21H19BrN2O5/c1-3-28-15-8-6-14(7-9-15)24-20(26)16(19(25)23-21(24)27)11-13-5-10-18(29-4-2)17(22)12-13/h5-12H,3-4H2,1-2H3,(H,23,25,27)/b16-11+. The Morgan fingerprint density at radius 2 is 1.69 bits per heavy atom. The number of carbonyl (C=O) groups is 3. The van der Waals surface area contributed by atoms with E-state index in [1.165, 1.54) is 6.08 Å². The van der Waals surface area contributed by atoms with Crippen molar-refractivity contribution in [2.24, 2.45) is 0 Å². The number of rotatable bonds is 6. The van der Waals surface area contributed by atoms with Gasteiger partial charge in [-0.3, -0.25) is 14.9 Å². The Labute approximate surface area is 176 Å². The van der Waals surface area contributed by atoms with Gasteiger partial charge in [-0.15, -0.1) is 0 Å². The molecule has 0 bridgehead atoms. The second-order valence-electron chi connectivity index (χ2n) is 6.01.